The van der Waals surface area contributed by atoms with Crippen molar-refractivity contribution in [2.75, 3.05) is 39.3 Å². The Balaban J connectivity index is 1.66. The zero-order valence-electron chi connectivity index (χ0n) is 12.0. The highest BCUT2D eigenvalue weighted by atomic mass is 19.1. The summed E-state index contributed by atoms with van der Waals surface area (Å²) in [5.74, 6) is -1.08. The fourth-order valence-corrected chi connectivity index (χ4v) is 2.36. The molecule has 2 rings (SSSR count). The van der Waals surface area contributed by atoms with Crippen LogP contribution in [0.2, 0.25) is 0 Å². The number of amides is 1. The van der Waals surface area contributed by atoms with E-state index < -0.39 is 11.6 Å². The first-order valence-corrected chi connectivity index (χ1v) is 7.29. The SMILES string of the molecule is O=C(CCc1cc(F)ccc1F)NCCN1CCNCC1. The molecule has 21 heavy (non-hydrogen) atoms. The molecule has 1 saturated heterocycles. The number of hydrogen-bond donors (Lipinski definition) is 2. The average Bonchev–Trinajstić information content (AvgIpc) is 2.49. The van der Waals surface area contributed by atoms with Crippen LogP contribution in [0.3, 0.4) is 0 Å². The van der Waals surface area contributed by atoms with E-state index in [1.165, 1.54) is 0 Å². The standard InChI is InChI=1S/C15H21F2N3O/c16-13-2-3-14(17)12(11-13)1-4-15(21)19-7-10-20-8-5-18-6-9-20/h2-3,11,18H,1,4-10H2,(H,19,21). The van der Waals surface area contributed by atoms with Crippen molar-refractivity contribution < 1.29 is 13.6 Å². The van der Waals surface area contributed by atoms with E-state index in [4.69, 9.17) is 0 Å². The number of hydrogen-bond acceptors (Lipinski definition) is 3. The summed E-state index contributed by atoms with van der Waals surface area (Å²) in [5.41, 5.74) is 0.243. The maximum absolute atomic E-state index is 13.4. The second-order valence-electron chi connectivity index (χ2n) is 5.18. The summed E-state index contributed by atoms with van der Waals surface area (Å²) in [6, 6.07) is 3.31. The smallest absolute Gasteiger partial charge is 0.220 e. The molecular weight excluding hydrogens is 276 g/mol. The number of piperazine rings is 1. The van der Waals surface area contributed by atoms with Crippen molar-refractivity contribution in [2.24, 2.45) is 0 Å². The molecule has 0 radical (unpaired) electrons. The van der Waals surface area contributed by atoms with Crippen LogP contribution in [0.5, 0.6) is 0 Å². The summed E-state index contributed by atoms with van der Waals surface area (Å²) in [7, 11) is 0. The highest BCUT2D eigenvalue weighted by molar-refractivity contribution is 5.76. The Morgan fingerprint density at radius 3 is 2.81 bits per heavy atom. The predicted octanol–water partition coefficient (Wildman–Crippen LogP) is 0.919. The van der Waals surface area contributed by atoms with E-state index in [2.05, 4.69) is 15.5 Å². The lowest BCUT2D eigenvalue weighted by molar-refractivity contribution is -0.121. The summed E-state index contributed by atoms with van der Waals surface area (Å²) in [4.78, 5) is 14.0. The molecule has 0 aliphatic carbocycles. The molecule has 0 unspecified atom stereocenters. The molecule has 0 aromatic heterocycles. The molecule has 1 aromatic rings. The molecular formula is C15H21F2N3O. The molecule has 4 nitrogen and oxygen atoms in total. The first-order chi connectivity index (χ1) is 10.1. The third-order valence-electron chi connectivity index (χ3n) is 3.59. The lowest BCUT2D eigenvalue weighted by Gasteiger charge is -2.27. The van der Waals surface area contributed by atoms with E-state index in [9.17, 15) is 13.6 Å². The van der Waals surface area contributed by atoms with Gasteiger partial charge in [-0.15, -0.1) is 0 Å². The van der Waals surface area contributed by atoms with Crippen molar-refractivity contribution in [3.63, 3.8) is 0 Å². The molecule has 1 fully saturated rings. The molecule has 0 atom stereocenters. The number of halogens is 2. The van der Waals surface area contributed by atoms with Gasteiger partial charge in [0.05, 0.1) is 0 Å². The maximum Gasteiger partial charge on any atom is 0.220 e. The number of aryl methyl sites for hydroxylation is 1. The Labute approximate surface area is 123 Å². The van der Waals surface area contributed by atoms with Crippen LogP contribution < -0.4 is 10.6 Å². The van der Waals surface area contributed by atoms with Gasteiger partial charge in [0.2, 0.25) is 5.91 Å². The predicted molar refractivity (Wildman–Crippen MR) is 77.0 cm³/mol. The lowest BCUT2D eigenvalue weighted by Crippen LogP contribution is -2.46. The number of nitrogens with zero attached hydrogens (tertiary/aromatic N) is 1. The number of carbonyl (C=O) groups excluding carboxylic acids is 1. The quantitative estimate of drug-likeness (QED) is 0.821. The van der Waals surface area contributed by atoms with Gasteiger partial charge in [-0.05, 0) is 30.2 Å². The van der Waals surface area contributed by atoms with E-state index >= 15 is 0 Å². The van der Waals surface area contributed by atoms with Gasteiger partial charge >= 0.3 is 0 Å². The number of benzene rings is 1. The van der Waals surface area contributed by atoms with Gasteiger partial charge in [0.1, 0.15) is 11.6 Å². The van der Waals surface area contributed by atoms with E-state index in [1.807, 2.05) is 0 Å². The highest BCUT2D eigenvalue weighted by Gasteiger charge is 2.10. The summed E-state index contributed by atoms with van der Waals surface area (Å²) in [5, 5.41) is 6.08. The molecule has 1 aliphatic heterocycles. The van der Waals surface area contributed by atoms with Crippen LogP contribution in [-0.2, 0) is 11.2 Å². The minimum Gasteiger partial charge on any atom is -0.355 e. The molecule has 116 valence electrons. The maximum atomic E-state index is 13.4. The first-order valence-electron chi connectivity index (χ1n) is 7.29. The molecule has 0 spiro atoms. The normalized spacial score (nSPS) is 15.9. The molecule has 6 heteroatoms. The molecule has 0 saturated carbocycles. The Bertz CT molecular complexity index is 476. The van der Waals surface area contributed by atoms with Gasteiger partial charge in [-0.2, -0.15) is 0 Å². The van der Waals surface area contributed by atoms with Crippen molar-refractivity contribution >= 4 is 5.91 Å². The van der Waals surface area contributed by atoms with E-state index in [1.54, 1.807) is 0 Å². The van der Waals surface area contributed by atoms with Gasteiger partial charge in [-0.3, -0.25) is 9.69 Å². The van der Waals surface area contributed by atoms with Crippen molar-refractivity contribution in [2.45, 2.75) is 12.8 Å². The second kappa shape index (κ2) is 8.05. The summed E-state index contributed by atoms with van der Waals surface area (Å²) >= 11 is 0. The van der Waals surface area contributed by atoms with Gasteiger partial charge < -0.3 is 10.6 Å². The molecule has 1 aliphatic rings. The third kappa shape index (κ3) is 5.40. The topological polar surface area (TPSA) is 44.4 Å². The van der Waals surface area contributed by atoms with E-state index in [-0.39, 0.29) is 24.3 Å². The van der Waals surface area contributed by atoms with Gasteiger partial charge in [0.25, 0.3) is 0 Å². The molecule has 1 heterocycles. The lowest BCUT2D eigenvalue weighted by atomic mass is 10.1. The Morgan fingerprint density at radius 1 is 1.29 bits per heavy atom. The van der Waals surface area contributed by atoms with Crippen LogP contribution in [-0.4, -0.2) is 50.1 Å². The number of carbonyl (C=O) groups is 1. The van der Waals surface area contributed by atoms with Gasteiger partial charge in [-0.25, -0.2) is 8.78 Å². The monoisotopic (exact) mass is 297 g/mol. The second-order valence-corrected chi connectivity index (χ2v) is 5.18. The molecule has 2 N–H and O–H groups in total. The Hall–Kier alpha value is -1.53. The van der Waals surface area contributed by atoms with E-state index in [0.717, 1.165) is 50.9 Å². The van der Waals surface area contributed by atoms with Crippen molar-refractivity contribution in [3.8, 4) is 0 Å². The van der Waals surface area contributed by atoms with Crippen LogP contribution in [0, 0.1) is 11.6 Å². The fourth-order valence-electron chi connectivity index (χ4n) is 2.36. The zero-order valence-corrected chi connectivity index (χ0v) is 12.0. The summed E-state index contributed by atoms with van der Waals surface area (Å²) in [6.07, 6.45) is 0.380. The Kier molecular flexibility index (Phi) is 6.07. The average molecular weight is 297 g/mol. The van der Waals surface area contributed by atoms with Crippen LogP contribution in [0.1, 0.15) is 12.0 Å². The van der Waals surface area contributed by atoms with Crippen molar-refractivity contribution in [1.29, 1.82) is 0 Å². The number of rotatable bonds is 6. The summed E-state index contributed by atoms with van der Waals surface area (Å²) < 4.78 is 26.4. The summed E-state index contributed by atoms with van der Waals surface area (Å²) in [6.45, 7) is 5.35. The van der Waals surface area contributed by atoms with Gasteiger partial charge in [-0.1, -0.05) is 0 Å². The first kappa shape index (κ1) is 15.9. The third-order valence-corrected chi connectivity index (χ3v) is 3.59. The van der Waals surface area contributed by atoms with Crippen LogP contribution >= 0.6 is 0 Å². The minimum absolute atomic E-state index is 0.131. The highest BCUT2D eigenvalue weighted by Crippen LogP contribution is 2.11. The van der Waals surface area contributed by atoms with Crippen molar-refractivity contribution in [3.05, 3.63) is 35.4 Å². The van der Waals surface area contributed by atoms with Crippen molar-refractivity contribution in [1.82, 2.24) is 15.5 Å². The molecule has 0 bridgehead atoms. The molecule has 1 aromatic carbocycles. The van der Waals surface area contributed by atoms with Gasteiger partial charge in [0, 0.05) is 45.7 Å². The van der Waals surface area contributed by atoms with Crippen LogP contribution in [0.25, 0.3) is 0 Å². The zero-order chi connectivity index (χ0) is 15.1. The minimum atomic E-state index is -0.481. The largest absolute Gasteiger partial charge is 0.355 e. The molecule has 1 amide bonds. The van der Waals surface area contributed by atoms with Gasteiger partial charge in [0.15, 0.2) is 0 Å². The van der Waals surface area contributed by atoms with E-state index in [0.29, 0.717) is 6.54 Å². The fraction of sp³-hybridized carbons (Fsp3) is 0.533. The Morgan fingerprint density at radius 2 is 2.05 bits per heavy atom. The van der Waals surface area contributed by atoms with Crippen LogP contribution in [0.15, 0.2) is 18.2 Å². The van der Waals surface area contributed by atoms with Crippen LogP contribution in [0.4, 0.5) is 8.78 Å². The number of nitrogens with one attached hydrogen (secondary N) is 2.